The maximum absolute atomic E-state index is 12.5. The number of piperidine rings is 1. The van der Waals surface area contributed by atoms with Crippen LogP contribution in [0, 0.1) is 11.8 Å². The molecule has 1 atom stereocenters. The van der Waals surface area contributed by atoms with Crippen LogP contribution in [-0.4, -0.2) is 17.4 Å². The maximum Gasteiger partial charge on any atom is 0.226 e. The van der Waals surface area contributed by atoms with Crippen molar-refractivity contribution >= 4 is 5.91 Å². The van der Waals surface area contributed by atoms with Gasteiger partial charge in [-0.1, -0.05) is 36.8 Å². The van der Waals surface area contributed by atoms with Gasteiger partial charge in [-0.3, -0.25) is 4.79 Å². The fourth-order valence-electron chi connectivity index (χ4n) is 3.21. The SMILES string of the molecule is O=C1C(C2CCC2)CCCN1Cc1ccccc1. The first-order chi connectivity index (χ1) is 8.84. The minimum absolute atomic E-state index is 0.330. The van der Waals surface area contributed by atoms with E-state index in [4.69, 9.17) is 0 Å². The Morgan fingerprint density at radius 2 is 1.83 bits per heavy atom. The molecule has 1 saturated carbocycles. The van der Waals surface area contributed by atoms with Gasteiger partial charge >= 0.3 is 0 Å². The van der Waals surface area contributed by atoms with E-state index in [1.54, 1.807) is 0 Å². The molecule has 96 valence electrons. The van der Waals surface area contributed by atoms with Crippen LogP contribution >= 0.6 is 0 Å². The van der Waals surface area contributed by atoms with Crippen LogP contribution in [0.4, 0.5) is 0 Å². The van der Waals surface area contributed by atoms with Crippen molar-refractivity contribution in [2.45, 2.75) is 38.6 Å². The minimum Gasteiger partial charge on any atom is -0.338 e. The quantitative estimate of drug-likeness (QED) is 0.798. The van der Waals surface area contributed by atoms with E-state index in [-0.39, 0.29) is 0 Å². The van der Waals surface area contributed by atoms with Gasteiger partial charge in [0, 0.05) is 19.0 Å². The Labute approximate surface area is 109 Å². The lowest BCUT2D eigenvalue weighted by Gasteiger charge is -2.39. The molecule has 2 aliphatic rings. The third kappa shape index (κ3) is 2.29. The highest BCUT2D eigenvalue weighted by molar-refractivity contribution is 5.80. The second-order valence-electron chi connectivity index (χ2n) is 5.69. The summed E-state index contributed by atoms with van der Waals surface area (Å²) in [5.74, 6) is 1.43. The van der Waals surface area contributed by atoms with Gasteiger partial charge in [0.05, 0.1) is 0 Å². The number of carbonyl (C=O) groups excluding carboxylic acids is 1. The van der Waals surface area contributed by atoms with Crippen molar-refractivity contribution in [2.75, 3.05) is 6.54 Å². The zero-order valence-electron chi connectivity index (χ0n) is 10.8. The molecule has 2 fully saturated rings. The molecule has 2 heteroatoms. The molecule has 0 spiro atoms. The molecule has 2 nitrogen and oxygen atoms in total. The molecular weight excluding hydrogens is 222 g/mol. The molecule has 0 N–H and O–H groups in total. The van der Waals surface area contributed by atoms with E-state index in [0.717, 1.165) is 19.5 Å². The summed E-state index contributed by atoms with van der Waals surface area (Å²) in [6.07, 6.45) is 6.17. The molecule has 0 aromatic heterocycles. The normalized spacial score (nSPS) is 25.0. The van der Waals surface area contributed by atoms with Gasteiger partial charge in [0.1, 0.15) is 0 Å². The smallest absolute Gasteiger partial charge is 0.226 e. The Bertz CT molecular complexity index is 410. The van der Waals surface area contributed by atoms with Crippen LogP contribution in [0.15, 0.2) is 30.3 Å². The monoisotopic (exact) mass is 243 g/mol. The zero-order chi connectivity index (χ0) is 12.4. The van der Waals surface area contributed by atoms with Crippen molar-refractivity contribution in [1.82, 2.24) is 4.90 Å². The Hall–Kier alpha value is -1.31. The summed E-state index contributed by atoms with van der Waals surface area (Å²) in [5, 5.41) is 0. The zero-order valence-corrected chi connectivity index (χ0v) is 10.8. The van der Waals surface area contributed by atoms with E-state index in [1.807, 2.05) is 18.2 Å². The molecule has 1 aliphatic heterocycles. The first kappa shape index (κ1) is 11.8. The van der Waals surface area contributed by atoms with Crippen LogP contribution in [0.25, 0.3) is 0 Å². The van der Waals surface area contributed by atoms with Crippen molar-refractivity contribution in [3.63, 3.8) is 0 Å². The number of rotatable bonds is 3. The molecular formula is C16H21NO. The molecule has 1 amide bonds. The third-order valence-corrected chi connectivity index (χ3v) is 4.51. The lowest BCUT2D eigenvalue weighted by Crippen LogP contribution is -2.44. The van der Waals surface area contributed by atoms with Gasteiger partial charge in [-0.15, -0.1) is 0 Å². The van der Waals surface area contributed by atoms with E-state index in [9.17, 15) is 4.79 Å². The Kier molecular flexibility index (Phi) is 3.35. The van der Waals surface area contributed by atoms with Crippen molar-refractivity contribution < 1.29 is 4.79 Å². The number of benzene rings is 1. The van der Waals surface area contributed by atoms with Crippen molar-refractivity contribution in [2.24, 2.45) is 11.8 Å². The van der Waals surface area contributed by atoms with Crippen molar-refractivity contribution in [3.05, 3.63) is 35.9 Å². The molecule has 1 aliphatic carbocycles. The lowest BCUT2D eigenvalue weighted by molar-refractivity contribution is -0.142. The van der Waals surface area contributed by atoms with E-state index in [0.29, 0.717) is 17.7 Å². The fourth-order valence-corrected chi connectivity index (χ4v) is 3.21. The molecule has 1 aromatic carbocycles. The maximum atomic E-state index is 12.5. The van der Waals surface area contributed by atoms with Gasteiger partial charge in [0.2, 0.25) is 5.91 Å². The van der Waals surface area contributed by atoms with Gasteiger partial charge in [0.15, 0.2) is 0 Å². The minimum atomic E-state index is 0.330. The number of hydrogen-bond donors (Lipinski definition) is 0. The summed E-state index contributed by atoms with van der Waals surface area (Å²) >= 11 is 0. The van der Waals surface area contributed by atoms with Crippen molar-refractivity contribution in [3.8, 4) is 0 Å². The molecule has 1 heterocycles. The molecule has 3 rings (SSSR count). The van der Waals surface area contributed by atoms with Crippen molar-refractivity contribution in [1.29, 1.82) is 0 Å². The van der Waals surface area contributed by atoms with Crippen LogP contribution in [-0.2, 0) is 11.3 Å². The second kappa shape index (κ2) is 5.13. The van der Waals surface area contributed by atoms with Gasteiger partial charge in [-0.05, 0) is 37.2 Å². The molecule has 1 saturated heterocycles. The van der Waals surface area contributed by atoms with Crippen LogP contribution in [0.1, 0.15) is 37.7 Å². The first-order valence-electron chi connectivity index (χ1n) is 7.17. The Morgan fingerprint density at radius 3 is 2.50 bits per heavy atom. The Balaban J connectivity index is 1.66. The van der Waals surface area contributed by atoms with E-state index in [1.165, 1.54) is 31.2 Å². The largest absolute Gasteiger partial charge is 0.338 e. The van der Waals surface area contributed by atoms with E-state index in [2.05, 4.69) is 17.0 Å². The number of amides is 1. The first-order valence-corrected chi connectivity index (χ1v) is 7.17. The molecule has 0 radical (unpaired) electrons. The summed E-state index contributed by atoms with van der Waals surface area (Å²) < 4.78 is 0. The molecule has 18 heavy (non-hydrogen) atoms. The highest BCUT2D eigenvalue weighted by Gasteiger charge is 2.37. The van der Waals surface area contributed by atoms with Gasteiger partial charge in [-0.25, -0.2) is 0 Å². The predicted octanol–water partition coefficient (Wildman–Crippen LogP) is 3.23. The summed E-state index contributed by atoms with van der Waals surface area (Å²) in [5.41, 5.74) is 1.25. The predicted molar refractivity (Wildman–Crippen MR) is 71.9 cm³/mol. The standard InChI is InChI=1S/C16H21NO/c18-16-15(14-8-4-9-14)10-5-11-17(16)12-13-6-2-1-3-7-13/h1-3,6-7,14-15H,4-5,8-12H2. The summed E-state index contributed by atoms with van der Waals surface area (Å²) in [7, 11) is 0. The van der Waals surface area contributed by atoms with Crippen LogP contribution < -0.4 is 0 Å². The average molecular weight is 243 g/mol. The Morgan fingerprint density at radius 1 is 1.06 bits per heavy atom. The van der Waals surface area contributed by atoms with E-state index < -0.39 is 0 Å². The molecule has 1 unspecified atom stereocenters. The second-order valence-corrected chi connectivity index (χ2v) is 5.69. The van der Waals surface area contributed by atoms with E-state index >= 15 is 0 Å². The third-order valence-electron chi connectivity index (χ3n) is 4.51. The van der Waals surface area contributed by atoms with Gasteiger partial charge < -0.3 is 4.90 Å². The highest BCUT2D eigenvalue weighted by Crippen LogP contribution is 2.38. The van der Waals surface area contributed by atoms with Crippen LogP contribution in [0.3, 0.4) is 0 Å². The summed E-state index contributed by atoms with van der Waals surface area (Å²) in [6.45, 7) is 1.74. The summed E-state index contributed by atoms with van der Waals surface area (Å²) in [4.78, 5) is 14.6. The van der Waals surface area contributed by atoms with Crippen LogP contribution in [0.2, 0.25) is 0 Å². The topological polar surface area (TPSA) is 20.3 Å². The summed E-state index contributed by atoms with van der Waals surface area (Å²) in [6, 6.07) is 10.3. The number of hydrogen-bond acceptors (Lipinski definition) is 1. The molecule has 1 aromatic rings. The van der Waals surface area contributed by atoms with Crippen LogP contribution in [0.5, 0.6) is 0 Å². The molecule has 0 bridgehead atoms. The number of likely N-dealkylation sites (tertiary alicyclic amines) is 1. The van der Waals surface area contributed by atoms with Gasteiger partial charge in [-0.2, -0.15) is 0 Å². The number of carbonyl (C=O) groups is 1. The van der Waals surface area contributed by atoms with Gasteiger partial charge in [0.25, 0.3) is 0 Å². The highest BCUT2D eigenvalue weighted by atomic mass is 16.2. The number of nitrogens with zero attached hydrogens (tertiary/aromatic N) is 1. The fraction of sp³-hybridized carbons (Fsp3) is 0.562. The lowest BCUT2D eigenvalue weighted by atomic mass is 9.72. The average Bonchev–Trinajstić information content (AvgIpc) is 2.33.